The minimum absolute atomic E-state index is 0.135. The fraction of sp³-hybridized carbons (Fsp3) is 0.619. The summed E-state index contributed by atoms with van der Waals surface area (Å²) >= 11 is 0. The van der Waals surface area contributed by atoms with E-state index in [2.05, 4.69) is 5.32 Å². The van der Waals surface area contributed by atoms with Crippen LogP contribution in [0.15, 0.2) is 24.3 Å². The highest BCUT2D eigenvalue weighted by atomic mass is 16.5. The SMILES string of the molecule is COc1cccc(NC(=O)CN(C)CC(=O)N2CC[C@H]3CCCC[C@@H]3C2)c1. The van der Waals surface area contributed by atoms with Crippen LogP contribution in [0.5, 0.6) is 5.75 Å². The number of likely N-dealkylation sites (N-methyl/N-ethyl adjacent to an activating group) is 1. The van der Waals surface area contributed by atoms with E-state index in [4.69, 9.17) is 4.74 Å². The first-order valence-corrected chi connectivity index (χ1v) is 9.95. The van der Waals surface area contributed by atoms with E-state index < -0.39 is 0 Å². The van der Waals surface area contributed by atoms with Gasteiger partial charge >= 0.3 is 0 Å². The molecule has 1 aromatic carbocycles. The quantitative estimate of drug-likeness (QED) is 0.833. The lowest BCUT2D eigenvalue weighted by molar-refractivity contribution is -0.135. The molecule has 0 radical (unpaired) electrons. The summed E-state index contributed by atoms with van der Waals surface area (Å²) in [4.78, 5) is 28.7. The van der Waals surface area contributed by atoms with Gasteiger partial charge in [-0.15, -0.1) is 0 Å². The van der Waals surface area contributed by atoms with Crippen molar-refractivity contribution in [1.29, 1.82) is 0 Å². The van der Waals surface area contributed by atoms with Crippen molar-refractivity contribution in [2.24, 2.45) is 11.8 Å². The maximum atomic E-state index is 12.6. The van der Waals surface area contributed by atoms with Gasteiger partial charge in [-0.3, -0.25) is 14.5 Å². The van der Waals surface area contributed by atoms with Gasteiger partial charge in [-0.2, -0.15) is 0 Å². The van der Waals surface area contributed by atoms with Crippen LogP contribution in [0.4, 0.5) is 5.69 Å². The first kappa shape index (κ1) is 19.7. The average Bonchev–Trinajstić information content (AvgIpc) is 2.67. The molecule has 6 nitrogen and oxygen atoms in total. The van der Waals surface area contributed by atoms with E-state index in [1.165, 1.54) is 25.7 Å². The summed E-state index contributed by atoms with van der Waals surface area (Å²) in [5.74, 6) is 2.19. The van der Waals surface area contributed by atoms with Crippen LogP contribution in [-0.4, -0.2) is 62.0 Å². The molecule has 6 heteroatoms. The number of fused-ring (bicyclic) bond motifs is 1. The smallest absolute Gasteiger partial charge is 0.238 e. The Morgan fingerprint density at radius 3 is 2.74 bits per heavy atom. The predicted molar refractivity (Wildman–Crippen MR) is 106 cm³/mol. The number of nitrogens with one attached hydrogen (secondary N) is 1. The Bertz CT molecular complexity index is 664. The molecule has 1 saturated heterocycles. The largest absolute Gasteiger partial charge is 0.497 e. The van der Waals surface area contributed by atoms with Gasteiger partial charge in [0.25, 0.3) is 0 Å². The van der Waals surface area contributed by atoms with E-state index in [1.807, 2.05) is 30.1 Å². The van der Waals surface area contributed by atoms with Crippen LogP contribution in [-0.2, 0) is 9.59 Å². The van der Waals surface area contributed by atoms with Crippen molar-refractivity contribution in [3.8, 4) is 5.75 Å². The number of hydrogen-bond acceptors (Lipinski definition) is 4. The molecule has 0 aromatic heterocycles. The Balaban J connectivity index is 1.44. The van der Waals surface area contributed by atoms with E-state index in [1.54, 1.807) is 18.1 Å². The Morgan fingerprint density at radius 2 is 1.96 bits per heavy atom. The Hall–Kier alpha value is -2.08. The molecule has 1 aliphatic heterocycles. The average molecular weight is 373 g/mol. The van der Waals surface area contributed by atoms with Crippen molar-refractivity contribution >= 4 is 17.5 Å². The maximum Gasteiger partial charge on any atom is 0.238 e. The summed E-state index contributed by atoms with van der Waals surface area (Å²) < 4.78 is 5.16. The van der Waals surface area contributed by atoms with Gasteiger partial charge in [0.05, 0.1) is 20.2 Å². The number of carbonyl (C=O) groups excluding carboxylic acids is 2. The van der Waals surface area contributed by atoms with Gasteiger partial charge in [-0.25, -0.2) is 0 Å². The first-order chi connectivity index (χ1) is 13.0. The van der Waals surface area contributed by atoms with Gasteiger partial charge in [0.15, 0.2) is 0 Å². The Morgan fingerprint density at radius 1 is 1.19 bits per heavy atom. The molecule has 1 aromatic rings. The van der Waals surface area contributed by atoms with Gasteiger partial charge in [0, 0.05) is 24.8 Å². The number of methoxy groups -OCH3 is 1. The number of carbonyl (C=O) groups is 2. The van der Waals surface area contributed by atoms with E-state index in [0.717, 1.165) is 25.4 Å². The van der Waals surface area contributed by atoms with Crippen molar-refractivity contribution in [1.82, 2.24) is 9.80 Å². The normalized spacial score (nSPS) is 22.3. The third kappa shape index (κ3) is 5.45. The minimum atomic E-state index is -0.135. The highest BCUT2D eigenvalue weighted by molar-refractivity contribution is 5.92. The zero-order chi connectivity index (χ0) is 19.2. The van der Waals surface area contributed by atoms with Crippen LogP contribution in [0.1, 0.15) is 32.1 Å². The molecule has 2 fully saturated rings. The number of piperidine rings is 1. The molecule has 2 aliphatic rings. The molecule has 1 saturated carbocycles. The van der Waals surface area contributed by atoms with Crippen LogP contribution in [0.25, 0.3) is 0 Å². The van der Waals surface area contributed by atoms with Gasteiger partial charge < -0.3 is 15.0 Å². The molecule has 148 valence electrons. The van der Waals surface area contributed by atoms with Crippen molar-refractivity contribution in [3.05, 3.63) is 24.3 Å². The fourth-order valence-electron chi connectivity index (χ4n) is 4.36. The van der Waals surface area contributed by atoms with Crippen LogP contribution in [0.3, 0.4) is 0 Å². The maximum absolute atomic E-state index is 12.6. The Labute approximate surface area is 161 Å². The zero-order valence-electron chi connectivity index (χ0n) is 16.4. The van der Waals surface area contributed by atoms with E-state index >= 15 is 0 Å². The number of hydrogen-bond donors (Lipinski definition) is 1. The van der Waals surface area contributed by atoms with Gasteiger partial charge in [-0.1, -0.05) is 25.3 Å². The number of nitrogens with zero attached hydrogens (tertiary/aromatic N) is 2. The molecular formula is C21H31N3O3. The molecule has 0 spiro atoms. The van der Waals surface area contributed by atoms with Gasteiger partial charge in [0.1, 0.15) is 5.75 Å². The van der Waals surface area contributed by atoms with E-state index in [9.17, 15) is 9.59 Å². The summed E-state index contributed by atoms with van der Waals surface area (Å²) in [5.41, 5.74) is 0.693. The summed E-state index contributed by atoms with van der Waals surface area (Å²) in [7, 11) is 3.41. The lowest BCUT2D eigenvalue weighted by Crippen LogP contribution is -2.48. The summed E-state index contributed by atoms with van der Waals surface area (Å²) in [6, 6.07) is 7.25. The number of anilines is 1. The van der Waals surface area contributed by atoms with E-state index in [0.29, 0.717) is 17.4 Å². The second-order valence-corrected chi connectivity index (χ2v) is 7.89. The summed E-state index contributed by atoms with van der Waals surface area (Å²) in [5, 5.41) is 2.85. The van der Waals surface area contributed by atoms with Crippen LogP contribution < -0.4 is 10.1 Å². The second kappa shape index (κ2) is 9.22. The number of ether oxygens (including phenoxy) is 1. The highest BCUT2D eigenvalue weighted by Crippen LogP contribution is 2.36. The minimum Gasteiger partial charge on any atom is -0.497 e. The highest BCUT2D eigenvalue weighted by Gasteiger charge is 2.33. The van der Waals surface area contributed by atoms with Crippen molar-refractivity contribution in [3.63, 3.8) is 0 Å². The molecule has 1 heterocycles. The van der Waals surface area contributed by atoms with Crippen molar-refractivity contribution in [2.75, 3.05) is 45.7 Å². The third-order valence-electron chi connectivity index (χ3n) is 5.82. The number of rotatable bonds is 6. The number of amides is 2. The summed E-state index contributed by atoms with van der Waals surface area (Å²) in [6.07, 6.45) is 6.37. The third-order valence-corrected chi connectivity index (χ3v) is 5.82. The molecule has 2 amide bonds. The number of likely N-dealkylation sites (tertiary alicyclic amines) is 1. The van der Waals surface area contributed by atoms with E-state index in [-0.39, 0.29) is 24.9 Å². The Kier molecular flexibility index (Phi) is 6.72. The van der Waals surface area contributed by atoms with Crippen LogP contribution in [0.2, 0.25) is 0 Å². The molecule has 3 rings (SSSR count). The molecule has 0 bridgehead atoms. The fourth-order valence-corrected chi connectivity index (χ4v) is 4.36. The molecule has 0 unspecified atom stereocenters. The zero-order valence-corrected chi connectivity index (χ0v) is 16.4. The van der Waals surface area contributed by atoms with Gasteiger partial charge in [-0.05, 0) is 43.9 Å². The second-order valence-electron chi connectivity index (χ2n) is 7.89. The molecule has 2 atom stereocenters. The monoisotopic (exact) mass is 373 g/mol. The predicted octanol–water partition coefficient (Wildman–Crippen LogP) is 2.60. The number of benzene rings is 1. The lowest BCUT2D eigenvalue weighted by atomic mass is 9.75. The van der Waals surface area contributed by atoms with Crippen molar-refractivity contribution < 1.29 is 14.3 Å². The van der Waals surface area contributed by atoms with Crippen LogP contribution in [0, 0.1) is 11.8 Å². The molecule has 27 heavy (non-hydrogen) atoms. The van der Waals surface area contributed by atoms with Gasteiger partial charge in [0.2, 0.25) is 11.8 Å². The topological polar surface area (TPSA) is 61.9 Å². The molecule has 1 aliphatic carbocycles. The summed E-state index contributed by atoms with van der Waals surface area (Å²) in [6.45, 7) is 2.23. The molecular weight excluding hydrogens is 342 g/mol. The van der Waals surface area contributed by atoms with Crippen LogP contribution >= 0.6 is 0 Å². The standard InChI is InChI=1S/C21H31N3O3/c1-23(14-20(25)22-18-8-5-9-19(12-18)27-2)15-21(26)24-11-10-16-6-3-4-7-17(16)13-24/h5,8-9,12,16-17H,3-4,6-7,10-11,13-15H2,1-2H3,(H,22,25)/t16-,17-/m1/s1. The lowest BCUT2D eigenvalue weighted by Gasteiger charge is -2.41. The molecule has 1 N–H and O–H groups in total. The first-order valence-electron chi connectivity index (χ1n) is 9.95. The van der Waals surface area contributed by atoms with Crippen molar-refractivity contribution in [2.45, 2.75) is 32.1 Å².